The van der Waals surface area contributed by atoms with Gasteiger partial charge in [-0.05, 0) is 30.2 Å². The van der Waals surface area contributed by atoms with E-state index in [0.717, 1.165) is 0 Å². The Labute approximate surface area is 122 Å². The minimum absolute atomic E-state index is 0.0710. The van der Waals surface area contributed by atoms with E-state index in [2.05, 4.69) is 10.6 Å². The van der Waals surface area contributed by atoms with Gasteiger partial charge in [-0.25, -0.2) is 4.39 Å². The summed E-state index contributed by atoms with van der Waals surface area (Å²) in [6, 6.07) is 5.55. The lowest BCUT2D eigenvalue weighted by atomic mass is 10.2. The van der Waals surface area contributed by atoms with Crippen molar-refractivity contribution in [2.45, 2.75) is 13.8 Å². The molecule has 0 saturated carbocycles. The van der Waals surface area contributed by atoms with E-state index in [1.54, 1.807) is 0 Å². The molecule has 2 amide bonds. The largest absolute Gasteiger partial charge is 0.355 e. The van der Waals surface area contributed by atoms with Gasteiger partial charge in [0.2, 0.25) is 11.8 Å². The number of carbonyl (C=O) groups is 2. The fraction of sp³-hybridized carbons (Fsp3) is 0.429. The van der Waals surface area contributed by atoms with Gasteiger partial charge in [0.15, 0.2) is 0 Å². The van der Waals surface area contributed by atoms with Crippen LogP contribution in [-0.2, 0) is 9.59 Å². The molecule has 20 heavy (non-hydrogen) atoms. The van der Waals surface area contributed by atoms with Crippen molar-refractivity contribution in [2.24, 2.45) is 5.92 Å². The molecule has 6 heteroatoms. The number of carbonyl (C=O) groups excluding carboxylic acids is 2. The van der Waals surface area contributed by atoms with Crippen molar-refractivity contribution < 1.29 is 14.0 Å². The number of anilines is 1. The molecule has 0 saturated heterocycles. The molecule has 0 unspecified atom stereocenters. The highest BCUT2D eigenvalue weighted by atomic mass is 32.2. The maximum Gasteiger partial charge on any atom is 0.234 e. The maximum atomic E-state index is 12.7. The Morgan fingerprint density at radius 2 is 1.75 bits per heavy atom. The first kappa shape index (κ1) is 16.5. The number of rotatable bonds is 7. The molecule has 2 N–H and O–H groups in total. The molecule has 0 aromatic heterocycles. The predicted octanol–water partition coefficient (Wildman–Crippen LogP) is 2.27. The first-order valence-corrected chi connectivity index (χ1v) is 7.52. The molecular formula is C14H19FN2O2S. The molecule has 1 aromatic carbocycles. The Morgan fingerprint density at radius 1 is 1.15 bits per heavy atom. The minimum Gasteiger partial charge on any atom is -0.355 e. The number of hydrogen-bond acceptors (Lipinski definition) is 3. The molecule has 0 atom stereocenters. The van der Waals surface area contributed by atoms with Gasteiger partial charge < -0.3 is 10.6 Å². The van der Waals surface area contributed by atoms with Gasteiger partial charge >= 0.3 is 0 Å². The van der Waals surface area contributed by atoms with Crippen LogP contribution in [0.1, 0.15) is 13.8 Å². The molecule has 0 aliphatic heterocycles. The normalized spacial score (nSPS) is 10.4. The second-order valence-electron chi connectivity index (χ2n) is 4.75. The van der Waals surface area contributed by atoms with Crippen LogP contribution in [0, 0.1) is 11.7 Å². The van der Waals surface area contributed by atoms with Crippen molar-refractivity contribution in [3.8, 4) is 0 Å². The van der Waals surface area contributed by atoms with E-state index in [4.69, 9.17) is 0 Å². The van der Waals surface area contributed by atoms with Gasteiger partial charge in [0.1, 0.15) is 5.82 Å². The fourth-order valence-electron chi connectivity index (χ4n) is 1.34. The fourth-order valence-corrected chi connectivity index (χ4v) is 1.98. The minimum atomic E-state index is -0.348. The Bertz CT molecular complexity index is 449. The predicted molar refractivity (Wildman–Crippen MR) is 80.2 cm³/mol. The monoisotopic (exact) mass is 298 g/mol. The zero-order chi connectivity index (χ0) is 15.0. The SMILES string of the molecule is CC(C)CNC(=O)CSCC(=O)Nc1ccc(F)cc1. The van der Waals surface area contributed by atoms with Crippen molar-refractivity contribution >= 4 is 29.3 Å². The molecule has 0 bridgehead atoms. The summed E-state index contributed by atoms with van der Waals surface area (Å²) >= 11 is 1.25. The first-order chi connectivity index (χ1) is 9.47. The van der Waals surface area contributed by atoms with Gasteiger partial charge in [0.25, 0.3) is 0 Å². The number of benzene rings is 1. The molecule has 0 fully saturated rings. The molecule has 0 spiro atoms. The third-order valence-electron chi connectivity index (χ3n) is 2.30. The van der Waals surface area contributed by atoms with E-state index < -0.39 is 0 Å². The van der Waals surface area contributed by atoms with Crippen molar-refractivity contribution in [1.82, 2.24) is 5.32 Å². The van der Waals surface area contributed by atoms with Crippen LogP contribution in [-0.4, -0.2) is 29.9 Å². The smallest absolute Gasteiger partial charge is 0.234 e. The van der Waals surface area contributed by atoms with E-state index in [1.165, 1.54) is 36.0 Å². The van der Waals surface area contributed by atoms with Crippen LogP contribution in [0.3, 0.4) is 0 Å². The number of thioether (sulfide) groups is 1. The summed E-state index contributed by atoms with van der Waals surface area (Å²) in [6.07, 6.45) is 0. The molecule has 0 aliphatic carbocycles. The highest BCUT2D eigenvalue weighted by Crippen LogP contribution is 2.09. The first-order valence-electron chi connectivity index (χ1n) is 6.37. The summed E-state index contributed by atoms with van der Waals surface area (Å²) in [7, 11) is 0. The number of nitrogens with one attached hydrogen (secondary N) is 2. The van der Waals surface area contributed by atoms with E-state index in [9.17, 15) is 14.0 Å². The van der Waals surface area contributed by atoms with Crippen LogP contribution in [0.5, 0.6) is 0 Å². The molecule has 4 nitrogen and oxygen atoms in total. The van der Waals surface area contributed by atoms with Crippen LogP contribution >= 0.6 is 11.8 Å². The molecule has 0 radical (unpaired) electrons. The third kappa shape index (κ3) is 7.13. The van der Waals surface area contributed by atoms with E-state index in [0.29, 0.717) is 18.2 Å². The summed E-state index contributed by atoms with van der Waals surface area (Å²) < 4.78 is 12.7. The lowest BCUT2D eigenvalue weighted by molar-refractivity contribution is -0.118. The standard InChI is InChI=1S/C14H19FN2O2S/c1-10(2)7-16-13(18)8-20-9-14(19)17-12-5-3-11(15)4-6-12/h3-6,10H,7-9H2,1-2H3,(H,16,18)(H,17,19). The average molecular weight is 298 g/mol. The highest BCUT2D eigenvalue weighted by Gasteiger charge is 2.06. The Morgan fingerprint density at radius 3 is 2.35 bits per heavy atom. The summed E-state index contributed by atoms with van der Waals surface area (Å²) in [5.74, 6) is 0.220. The Hall–Kier alpha value is -1.56. The van der Waals surface area contributed by atoms with Crippen LogP contribution in [0.25, 0.3) is 0 Å². The van der Waals surface area contributed by atoms with Crippen LogP contribution < -0.4 is 10.6 Å². The number of amides is 2. The lowest BCUT2D eigenvalue weighted by Crippen LogP contribution is -2.29. The van der Waals surface area contributed by atoms with Crippen molar-refractivity contribution in [1.29, 1.82) is 0 Å². The highest BCUT2D eigenvalue weighted by molar-refractivity contribution is 8.00. The zero-order valence-electron chi connectivity index (χ0n) is 11.6. The van der Waals surface area contributed by atoms with Gasteiger partial charge in [-0.3, -0.25) is 9.59 Å². The molecular weight excluding hydrogens is 279 g/mol. The average Bonchev–Trinajstić information content (AvgIpc) is 2.39. The quantitative estimate of drug-likeness (QED) is 0.812. The van der Waals surface area contributed by atoms with Crippen LogP contribution in [0.15, 0.2) is 24.3 Å². The van der Waals surface area contributed by atoms with Gasteiger partial charge in [0.05, 0.1) is 11.5 Å². The Balaban J connectivity index is 2.20. The van der Waals surface area contributed by atoms with E-state index in [-0.39, 0.29) is 29.1 Å². The number of hydrogen-bond donors (Lipinski definition) is 2. The van der Waals surface area contributed by atoms with E-state index in [1.807, 2.05) is 13.8 Å². The zero-order valence-corrected chi connectivity index (χ0v) is 12.4. The summed E-state index contributed by atoms with van der Waals surface area (Å²) in [5, 5.41) is 5.41. The van der Waals surface area contributed by atoms with Crippen molar-refractivity contribution in [3.63, 3.8) is 0 Å². The van der Waals surface area contributed by atoms with Crippen LogP contribution in [0.2, 0.25) is 0 Å². The number of halogens is 1. The maximum absolute atomic E-state index is 12.7. The molecule has 0 aliphatic rings. The Kier molecular flexibility index (Phi) is 7.08. The van der Waals surface area contributed by atoms with Gasteiger partial charge in [-0.1, -0.05) is 13.8 Å². The van der Waals surface area contributed by atoms with Gasteiger partial charge in [-0.15, -0.1) is 11.8 Å². The van der Waals surface area contributed by atoms with Gasteiger partial charge in [-0.2, -0.15) is 0 Å². The second kappa shape index (κ2) is 8.58. The summed E-state index contributed by atoms with van der Waals surface area (Å²) in [4.78, 5) is 23.0. The third-order valence-corrected chi connectivity index (χ3v) is 3.23. The molecule has 1 rings (SSSR count). The van der Waals surface area contributed by atoms with Crippen molar-refractivity contribution in [3.05, 3.63) is 30.1 Å². The lowest BCUT2D eigenvalue weighted by Gasteiger charge is -2.07. The van der Waals surface area contributed by atoms with Crippen LogP contribution in [0.4, 0.5) is 10.1 Å². The summed E-state index contributed by atoms with van der Waals surface area (Å²) in [5.41, 5.74) is 0.543. The van der Waals surface area contributed by atoms with Crippen molar-refractivity contribution in [2.75, 3.05) is 23.4 Å². The molecule has 110 valence electrons. The van der Waals surface area contributed by atoms with Gasteiger partial charge in [0, 0.05) is 12.2 Å². The topological polar surface area (TPSA) is 58.2 Å². The van der Waals surface area contributed by atoms with E-state index >= 15 is 0 Å². The molecule has 0 heterocycles. The second-order valence-corrected chi connectivity index (χ2v) is 5.73. The summed E-state index contributed by atoms with van der Waals surface area (Å²) in [6.45, 7) is 4.67. The molecule has 1 aromatic rings.